The van der Waals surface area contributed by atoms with Crippen LogP contribution in [0.4, 0.5) is 20.7 Å². The smallest absolute Gasteiger partial charge is 0.323 e. The topological polar surface area (TPSA) is 120 Å². The minimum absolute atomic E-state index is 0.170. The van der Waals surface area contributed by atoms with Crippen molar-refractivity contribution in [3.63, 3.8) is 0 Å². The Morgan fingerprint density at radius 1 is 1.22 bits per heavy atom. The summed E-state index contributed by atoms with van der Waals surface area (Å²) in [5, 5.41) is 28.1. The van der Waals surface area contributed by atoms with Gasteiger partial charge in [-0.15, -0.1) is 0 Å². The number of carbonyl (C=O) groups excluding carboxylic acids is 2. The van der Waals surface area contributed by atoms with E-state index in [4.69, 9.17) is 0 Å². The molecule has 3 amide bonds. The lowest BCUT2D eigenvalue weighted by Crippen LogP contribution is -2.42. The minimum atomic E-state index is -0.788. The first-order valence-electron chi connectivity index (χ1n) is 8.41. The van der Waals surface area contributed by atoms with Crippen molar-refractivity contribution in [1.82, 2.24) is 14.7 Å². The van der Waals surface area contributed by atoms with E-state index in [9.17, 15) is 24.2 Å². The average Bonchev–Trinajstić information content (AvgIpc) is 2.99. The number of aryl methyl sites for hydroxylation is 1. The molecule has 0 saturated carbocycles. The van der Waals surface area contributed by atoms with Gasteiger partial charge in [0, 0.05) is 38.0 Å². The highest BCUT2D eigenvalue weighted by Gasteiger charge is 2.22. The third kappa shape index (κ3) is 4.34. The first-order chi connectivity index (χ1) is 12.8. The highest BCUT2D eigenvalue weighted by Crippen LogP contribution is 2.21. The van der Waals surface area contributed by atoms with Gasteiger partial charge in [-0.1, -0.05) is 0 Å². The Bertz CT molecular complexity index is 861. The number of likely N-dealkylation sites (tertiary alicyclic amines) is 1. The van der Waals surface area contributed by atoms with Gasteiger partial charge in [0.2, 0.25) is 0 Å². The van der Waals surface area contributed by atoms with Crippen molar-refractivity contribution in [1.29, 1.82) is 0 Å². The number of rotatable bonds is 3. The number of aromatic hydroxyl groups is 1. The molecule has 4 N–H and O–H groups in total. The van der Waals surface area contributed by atoms with Crippen molar-refractivity contribution in [3.05, 3.63) is 35.8 Å². The van der Waals surface area contributed by atoms with E-state index >= 15 is 0 Å². The lowest BCUT2D eigenvalue weighted by molar-refractivity contribution is 0.0970. The van der Waals surface area contributed by atoms with Crippen molar-refractivity contribution in [2.24, 2.45) is 7.05 Å². The molecule has 1 aliphatic rings. The second kappa shape index (κ2) is 7.62. The molecule has 0 bridgehead atoms. The number of urea groups is 1. The maximum absolute atomic E-state index is 13.1. The van der Waals surface area contributed by atoms with Gasteiger partial charge in [-0.05, 0) is 25.0 Å². The molecule has 2 aromatic rings. The first-order valence-corrected chi connectivity index (χ1v) is 8.41. The maximum atomic E-state index is 13.1. The number of piperidine rings is 1. The van der Waals surface area contributed by atoms with Crippen LogP contribution >= 0.6 is 0 Å². The highest BCUT2D eigenvalue weighted by molar-refractivity contribution is 6.04. The van der Waals surface area contributed by atoms with Gasteiger partial charge in [0.1, 0.15) is 5.69 Å². The Morgan fingerprint density at radius 3 is 2.59 bits per heavy atom. The Labute approximate surface area is 154 Å². The number of amides is 3. The number of anilines is 2. The number of halogens is 1. The summed E-state index contributed by atoms with van der Waals surface area (Å²) in [4.78, 5) is 26.2. The Hall–Kier alpha value is -3.14. The molecule has 144 valence electrons. The summed E-state index contributed by atoms with van der Waals surface area (Å²) in [6.07, 6.45) is 0.659. The fraction of sp³-hybridized carbons (Fsp3) is 0.353. The van der Waals surface area contributed by atoms with Crippen LogP contribution in [0, 0.1) is 5.82 Å². The molecule has 2 heterocycles. The van der Waals surface area contributed by atoms with E-state index in [1.165, 1.54) is 16.8 Å². The zero-order valence-electron chi connectivity index (χ0n) is 14.6. The Balaban J connectivity index is 1.65. The molecule has 0 aliphatic carbocycles. The van der Waals surface area contributed by atoms with Gasteiger partial charge < -0.3 is 20.4 Å². The molecule has 9 nitrogen and oxygen atoms in total. The summed E-state index contributed by atoms with van der Waals surface area (Å²) in [6, 6.07) is 4.51. The molecule has 27 heavy (non-hydrogen) atoms. The van der Waals surface area contributed by atoms with Crippen LogP contribution in [0.3, 0.4) is 0 Å². The van der Waals surface area contributed by atoms with E-state index in [0.29, 0.717) is 25.9 Å². The van der Waals surface area contributed by atoms with Crippen LogP contribution < -0.4 is 10.6 Å². The number of nitrogens with zero attached hydrogens (tertiary/aromatic N) is 3. The van der Waals surface area contributed by atoms with E-state index in [1.807, 2.05) is 0 Å². The standard InChI is InChI=1S/C17H20FN5O4/c1-22-13(16(26)19-10-2-3-12(18)14(25)8-10)9-15(21-22)20-17(27)23-6-4-11(24)5-7-23/h2-3,8-9,11,24-25H,4-7H2,1H3,(H,19,26)(H,20,21,27). The number of benzene rings is 1. The molecule has 3 rings (SSSR count). The summed E-state index contributed by atoms with van der Waals surface area (Å²) in [5.41, 5.74) is 0.390. The largest absolute Gasteiger partial charge is 0.505 e. The molecule has 1 fully saturated rings. The molecule has 0 atom stereocenters. The monoisotopic (exact) mass is 377 g/mol. The van der Waals surface area contributed by atoms with E-state index < -0.39 is 17.5 Å². The summed E-state index contributed by atoms with van der Waals surface area (Å²) in [5.74, 6) is -1.68. The van der Waals surface area contributed by atoms with E-state index in [1.54, 1.807) is 11.9 Å². The van der Waals surface area contributed by atoms with Crippen molar-refractivity contribution < 1.29 is 24.2 Å². The lowest BCUT2D eigenvalue weighted by atomic mass is 10.1. The minimum Gasteiger partial charge on any atom is -0.505 e. The van der Waals surface area contributed by atoms with E-state index in [-0.39, 0.29) is 29.3 Å². The Kier molecular flexibility index (Phi) is 5.26. The van der Waals surface area contributed by atoms with Crippen LogP contribution in [0.1, 0.15) is 23.3 Å². The van der Waals surface area contributed by atoms with Crippen LogP contribution in [0.25, 0.3) is 0 Å². The summed E-state index contributed by atoms with van der Waals surface area (Å²) < 4.78 is 14.4. The number of phenolic OH excluding ortho intramolecular Hbond substituents is 1. The number of aliphatic hydroxyl groups excluding tert-OH is 1. The summed E-state index contributed by atoms with van der Waals surface area (Å²) >= 11 is 0. The average molecular weight is 377 g/mol. The maximum Gasteiger partial charge on any atom is 0.323 e. The number of hydrogen-bond acceptors (Lipinski definition) is 5. The second-order valence-corrected chi connectivity index (χ2v) is 6.31. The predicted molar refractivity (Wildman–Crippen MR) is 95.1 cm³/mol. The number of aromatic nitrogens is 2. The van der Waals surface area contributed by atoms with Gasteiger partial charge in [-0.25, -0.2) is 9.18 Å². The van der Waals surface area contributed by atoms with Crippen molar-refractivity contribution in [2.75, 3.05) is 23.7 Å². The first kappa shape index (κ1) is 18.6. The molecular formula is C17H20FN5O4. The van der Waals surface area contributed by atoms with Crippen LogP contribution in [-0.2, 0) is 7.05 Å². The molecule has 1 saturated heterocycles. The van der Waals surface area contributed by atoms with Crippen molar-refractivity contribution >= 4 is 23.4 Å². The van der Waals surface area contributed by atoms with Crippen LogP contribution in [0.15, 0.2) is 24.3 Å². The molecule has 1 aliphatic heterocycles. The molecule has 10 heteroatoms. The highest BCUT2D eigenvalue weighted by atomic mass is 19.1. The number of carbonyl (C=O) groups is 2. The van der Waals surface area contributed by atoms with Gasteiger partial charge in [-0.3, -0.25) is 14.8 Å². The SMILES string of the molecule is Cn1nc(NC(=O)N2CCC(O)CC2)cc1C(=O)Nc1ccc(F)c(O)c1. The normalized spacial score (nSPS) is 14.9. The molecule has 0 unspecified atom stereocenters. The van der Waals surface area contributed by atoms with Gasteiger partial charge >= 0.3 is 6.03 Å². The van der Waals surface area contributed by atoms with E-state index in [0.717, 1.165) is 12.1 Å². The summed E-state index contributed by atoms with van der Waals surface area (Å²) in [6.45, 7) is 0.891. The fourth-order valence-electron chi connectivity index (χ4n) is 2.78. The molecule has 0 radical (unpaired) electrons. The van der Waals surface area contributed by atoms with Crippen molar-refractivity contribution in [3.8, 4) is 5.75 Å². The third-order valence-electron chi connectivity index (χ3n) is 4.30. The van der Waals surface area contributed by atoms with Crippen molar-refractivity contribution in [2.45, 2.75) is 18.9 Å². The third-order valence-corrected chi connectivity index (χ3v) is 4.30. The predicted octanol–water partition coefficient (Wildman–Crippen LogP) is 1.51. The van der Waals surface area contributed by atoms with Crippen LogP contribution in [0.2, 0.25) is 0 Å². The zero-order valence-corrected chi connectivity index (χ0v) is 14.6. The zero-order chi connectivity index (χ0) is 19.6. The molecular weight excluding hydrogens is 357 g/mol. The van der Waals surface area contributed by atoms with Crippen LogP contribution in [-0.4, -0.2) is 56.0 Å². The summed E-state index contributed by atoms with van der Waals surface area (Å²) in [7, 11) is 1.55. The lowest BCUT2D eigenvalue weighted by Gasteiger charge is -2.29. The van der Waals surface area contributed by atoms with Gasteiger partial charge in [0.15, 0.2) is 17.4 Å². The second-order valence-electron chi connectivity index (χ2n) is 6.31. The van der Waals surface area contributed by atoms with Gasteiger partial charge in [0.05, 0.1) is 6.10 Å². The fourth-order valence-corrected chi connectivity index (χ4v) is 2.78. The van der Waals surface area contributed by atoms with Gasteiger partial charge in [-0.2, -0.15) is 5.10 Å². The molecule has 1 aromatic carbocycles. The molecule has 0 spiro atoms. The number of hydrogen-bond donors (Lipinski definition) is 4. The molecule has 1 aromatic heterocycles. The van der Waals surface area contributed by atoms with Crippen LogP contribution in [0.5, 0.6) is 5.75 Å². The Morgan fingerprint density at radius 2 is 1.93 bits per heavy atom. The number of aliphatic hydroxyl groups is 1. The van der Waals surface area contributed by atoms with Gasteiger partial charge in [0.25, 0.3) is 5.91 Å². The quantitative estimate of drug-likeness (QED) is 0.646. The number of phenols is 1. The van der Waals surface area contributed by atoms with E-state index in [2.05, 4.69) is 15.7 Å². The number of nitrogens with one attached hydrogen (secondary N) is 2.